The number of rotatable bonds is 5. The lowest BCUT2D eigenvalue weighted by atomic mass is 10.1. The predicted molar refractivity (Wildman–Crippen MR) is 73.9 cm³/mol. The molecule has 0 unspecified atom stereocenters. The number of anilines is 1. The lowest BCUT2D eigenvalue weighted by Gasteiger charge is -2.16. The fraction of sp³-hybridized carbons (Fsp3) is 0.462. The minimum Gasteiger partial charge on any atom is -0.495 e. The van der Waals surface area contributed by atoms with E-state index in [1.807, 2.05) is 0 Å². The number of ether oxygens (including phenoxy) is 2. The molecule has 0 spiro atoms. The van der Waals surface area contributed by atoms with Crippen molar-refractivity contribution < 1.29 is 14.3 Å². The summed E-state index contributed by atoms with van der Waals surface area (Å²) < 4.78 is 10.3. The lowest BCUT2D eigenvalue weighted by Crippen LogP contribution is -2.31. The minimum atomic E-state index is -0.419. The Morgan fingerprint density at radius 2 is 2.00 bits per heavy atom. The van der Waals surface area contributed by atoms with Gasteiger partial charge in [-0.25, -0.2) is 0 Å². The van der Waals surface area contributed by atoms with Crippen LogP contribution in [0.3, 0.4) is 0 Å². The lowest BCUT2D eigenvalue weighted by molar-refractivity contribution is -0.120. The van der Waals surface area contributed by atoms with Gasteiger partial charge in [-0.1, -0.05) is 11.6 Å². The van der Waals surface area contributed by atoms with E-state index in [1.54, 1.807) is 12.1 Å². The molecule has 0 radical (unpaired) electrons. The molecule has 1 amide bonds. The number of halogens is 1. The molecule has 104 valence electrons. The largest absolute Gasteiger partial charge is 0.495 e. The summed E-state index contributed by atoms with van der Waals surface area (Å²) >= 11 is 6.01. The molecular formula is C13H17ClN2O3. The van der Waals surface area contributed by atoms with E-state index in [1.165, 1.54) is 14.2 Å². The number of hydrogen-bond donors (Lipinski definition) is 2. The Kier molecular flexibility index (Phi) is 3.87. The van der Waals surface area contributed by atoms with Crippen molar-refractivity contribution in [1.82, 2.24) is 0 Å². The van der Waals surface area contributed by atoms with Gasteiger partial charge in [0, 0.05) is 18.7 Å². The Balaban J connectivity index is 2.26. The summed E-state index contributed by atoms with van der Waals surface area (Å²) in [6.07, 6.45) is 1.64. The molecule has 2 rings (SSSR count). The number of methoxy groups -OCH3 is 2. The maximum absolute atomic E-state index is 12.2. The van der Waals surface area contributed by atoms with Gasteiger partial charge in [-0.15, -0.1) is 0 Å². The summed E-state index contributed by atoms with van der Waals surface area (Å²) in [5.41, 5.74) is 5.75. The van der Waals surface area contributed by atoms with Crippen LogP contribution in [0.25, 0.3) is 0 Å². The van der Waals surface area contributed by atoms with Gasteiger partial charge in [-0.3, -0.25) is 4.79 Å². The van der Waals surface area contributed by atoms with Gasteiger partial charge in [-0.2, -0.15) is 0 Å². The summed E-state index contributed by atoms with van der Waals surface area (Å²) in [6.45, 7) is 0.353. The van der Waals surface area contributed by atoms with Crippen LogP contribution in [0.5, 0.6) is 11.5 Å². The third-order valence-corrected chi connectivity index (χ3v) is 3.74. The Labute approximate surface area is 117 Å². The average Bonchev–Trinajstić information content (AvgIpc) is 3.21. The third-order valence-electron chi connectivity index (χ3n) is 3.45. The number of carbonyl (C=O) groups is 1. The molecular weight excluding hydrogens is 268 g/mol. The summed E-state index contributed by atoms with van der Waals surface area (Å²) in [4.78, 5) is 12.2. The molecule has 6 heteroatoms. The van der Waals surface area contributed by atoms with Crippen LogP contribution >= 0.6 is 11.6 Å². The van der Waals surface area contributed by atoms with Crippen LogP contribution in [-0.4, -0.2) is 26.7 Å². The highest BCUT2D eigenvalue weighted by molar-refractivity contribution is 6.32. The topological polar surface area (TPSA) is 73.6 Å². The highest BCUT2D eigenvalue weighted by Crippen LogP contribution is 2.46. The van der Waals surface area contributed by atoms with Gasteiger partial charge < -0.3 is 20.5 Å². The first-order valence-corrected chi connectivity index (χ1v) is 6.37. The van der Waals surface area contributed by atoms with Crippen molar-refractivity contribution in [2.45, 2.75) is 12.8 Å². The van der Waals surface area contributed by atoms with Crippen LogP contribution in [0.15, 0.2) is 12.1 Å². The van der Waals surface area contributed by atoms with Gasteiger partial charge in [0.1, 0.15) is 11.5 Å². The summed E-state index contributed by atoms with van der Waals surface area (Å²) in [7, 11) is 3.03. The molecule has 1 aromatic rings. The maximum Gasteiger partial charge on any atom is 0.231 e. The molecule has 1 aromatic carbocycles. The maximum atomic E-state index is 12.2. The molecule has 0 heterocycles. The zero-order valence-electron chi connectivity index (χ0n) is 11.0. The number of amides is 1. The monoisotopic (exact) mass is 284 g/mol. The van der Waals surface area contributed by atoms with Gasteiger partial charge in [0.25, 0.3) is 0 Å². The number of nitrogens with one attached hydrogen (secondary N) is 1. The Morgan fingerprint density at radius 1 is 1.37 bits per heavy atom. The van der Waals surface area contributed by atoms with Crippen LogP contribution in [0.2, 0.25) is 5.02 Å². The van der Waals surface area contributed by atoms with Crippen molar-refractivity contribution in [3.63, 3.8) is 0 Å². The molecule has 1 aliphatic rings. The molecule has 0 bridgehead atoms. The molecule has 1 aliphatic carbocycles. The van der Waals surface area contributed by atoms with Gasteiger partial charge in [0.05, 0.1) is 30.3 Å². The minimum absolute atomic E-state index is 0.0855. The SMILES string of the molecule is COc1cc(NC(=O)C2(CN)CC2)c(OC)cc1Cl. The summed E-state index contributed by atoms with van der Waals surface area (Å²) in [5, 5.41) is 3.26. The molecule has 19 heavy (non-hydrogen) atoms. The first-order chi connectivity index (χ1) is 9.06. The van der Waals surface area contributed by atoms with Gasteiger partial charge >= 0.3 is 0 Å². The number of benzene rings is 1. The van der Waals surface area contributed by atoms with Crippen LogP contribution in [0.1, 0.15) is 12.8 Å². The normalized spacial score (nSPS) is 15.8. The first kappa shape index (κ1) is 14.0. The number of hydrogen-bond acceptors (Lipinski definition) is 4. The van der Waals surface area contributed by atoms with E-state index in [9.17, 15) is 4.79 Å². The zero-order valence-corrected chi connectivity index (χ0v) is 11.7. The second-order valence-corrected chi connectivity index (χ2v) is 5.03. The fourth-order valence-electron chi connectivity index (χ4n) is 1.89. The quantitative estimate of drug-likeness (QED) is 0.868. The second-order valence-electron chi connectivity index (χ2n) is 4.63. The highest BCUT2D eigenvalue weighted by atomic mass is 35.5. The van der Waals surface area contributed by atoms with Gasteiger partial charge in [-0.05, 0) is 12.8 Å². The Morgan fingerprint density at radius 3 is 2.47 bits per heavy atom. The van der Waals surface area contributed by atoms with E-state index < -0.39 is 5.41 Å². The van der Waals surface area contributed by atoms with Crippen molar-refractivity contribution in [2.75, 3.05) is 26.1 Å². The van der Waals surface area contributed by atoms with E-state index in [2.05, 4.69) is 5.32 Å². The molecule has 1 saturated carbocycles. The predicted octanol–water partition coefficient (Wildman–Crippen LogP) is 2.03. The van der Waals surface area contributed by atoms with E-state index in [-0.39, 0.29) is 5.91 Å². The van der Waals surface area contributed by atoms with Crippen molar-refractivity contribution >= 4 is 23.2 Å². The fourth-order valence-corrected chi connectivity index (χ4v) is 2.12. The van der Waals surface area contributed by atoms with Crippen LogP contribution < -0.4 is 20.5 Å². The highest BCUT2D eigenvalue weighted by Gasteiger charge is 2.48. The average molecular weight is 285 g/mol. The second kappa shape index (κ2) is 5.27. The van der Waals surface area contributed by atoms with Crippen molar-refractivity contribution in [3.05, 3.63) is 17.2 Å². The molecule has 0 atom stereocenters. The summed E-state index contributed by atoms with van der Waals surface area (Å²) in [6, 6.07) is 3.25. The van der Waals surface area contributed by atoms with Crippen LogP contribution in [0.4, 0.5) is 5.69 Å². The number of nitrogens with two attached hydrogens (primary N) is 1. The number of carbonyl (C=O) groups excluding carboxylic acids is 1. The molecule has 0 aromatic heterocycles. The van der Waals surface area contributed by atoms with Crippen molar-refractivity contribution in [1.29, 1.82) is 0 Å². The van der Waals surface area contributed by atoms with E-state index in [0.717, 1.165) is 12.8 Å². The molecule has 1 fully saturated rings. The summed E-state index contributed by atoms with van der Waals surface area (Å²) in [5.74, 6) is 0.889. The van der Waals surface area contributed by atoms with Gasteiger partial charge in [0.15, 0.2) is 0 Å². The van der Waals surface area contributed by atoms with Crippen LogP contribution in [0, 0.1) is 5.41 Å². The van der Waals surface area contributed by atoms with Crippen LogP contribution in [-0.2, 0) is 4.79 Å². The Hall–Kier alpha value is -1.46. The van der Waals surface area contributed by atoms with Crippen molar-refractivity contribution in [3.8, 4) is 11.5 Å². The smallest absolute Gasteiger partial charge is 0.231 e. The first-order valence-electron chi connectivity index (χ1n) is 5.99. The van der Waals surface area contributed by atoms with Crippen molar-refractivity contribution in [2.24, 2.45) is 11.1 Å². The van der Waals surface area contributed by atoms with Gasteiger partial charge in [0.2, 0.25) is 5.91 Å². The third kappa shape index (κ3) is 2.62. The van der Waals surface area contributed by atoms with E-state index >= 15 is 0 Å². The molecule has 0 saturated heterocycles. The van der Waals surface area contributed by atoms with E-state index in [0.29, 0.717) is 28.8 Å². The molecule has 5 nitrogen and oxygen atoms in total. The molecule has 0 aliphatic heterocycles. The zero-order chi connectivity index (χ0) is 14.0. The molecule has 3 N–H and O–H groups in total. The van der Waals surface area contributed by atoms with E-state index in [4.69, 9.17) is 26.8 Å². The standard InChI is InChI=1S/C13H17ClN2O3/c1-18-10-6-9(11(19-2)5-8(10)14)16-12(17)13(7-15)3-4-13/h5-6H,3-4,7,15H2,1-2H3,(H,16,17). The Bertz CT molecular complexity index is 501.